The summed E-state index contributed by atoms with van der Waals surface area (Å²) in [6.07, 6.45) is 6.30. The first-order valence-corrected chi connectivity index (χ1v) is 10.7. The van der Waals surface area contributed by atoms with Gasteiger partial charge in [0.15, 0.2) is 0 Å². The molecule has 0 unspecified atom stereocenters. The molecule has 2 fully saturated rings. The molecule has 0 aromatic heterocycles. The monoisotopic (exact) mass is 361 g/mol. The van der Waals surface area contributed by atoms with E-state index >= 15 is 0 Å². The molecule has 2 aliphatic rings. The Balaban J connectivity index is 1.62. The zero-order valence-electron chi connectivity index (χ0n) is 14.6. The molecule has 8 heteroatoms. The van der Waals surface area contributed by atoms with Gasteiger partial charge in [-0.05, 0) is 32.1 Å². The van der Waals surface area contributed by atoms with Crippen molar-refractivity contribution in [3.05, 3.63) is 0 Å². The van der Waals surface area contributed by atoms with Crippen LogP contribution in [0.4, 0.5) is 0 Å². The van der Waals surface area contributed by atoms with Gasteiger partial charge in [0.2, 0.25) is 15.9 Å². The summed E-state index contributed by atoms with van der Waals surface area (Å²) in [6, 6.07) is 0.131. The largest absolute Gasteiger partial charge is 0.381 e. The van der Waals surface area contributed by atoms with Crippen molar-refractivity contribution in [3.63, 3.8) is 0 Å². The number of rotatable bonds is 10. The fraction of sp³-hybridized carbons (Fsp3) is 0.938. The van der Waals surface area contributed by atoms with Crippen LogP contribution in [0.15, 0.2) is 0 Å². The average molecular weight is 362 g/mol. The maximum Gasteiger partial charge on any atom is 0.235 e. The Morgan fingerprint density at radius 2 is 2.00 bits per heavy atom. The van der Waals surface area contributed by atoms with Crippen LogP contribution in [-0.4, -0.2) is 70.4 Å². The van der Waals surface area contributed by atoms with Gasteiger partial charge in [-0.2, -0.15) is 0 Å². The summed E-state index contributed by atoms with van der Waals surface area (Å²) in [5.74, 6) is 0.437. The molecule has 140 valence electrons. The molecular formula is C16H31N3O4S. The van der Waals surface area contributed by atoms with Gasteiger partial charge in [0.05, 0.1) is 18.9 Å². The molecule has 0 radical (unpaired) electrons. The Hall–Kier alpha value is -0.700. The van der Waals surface area contributed by atoms with Crippen molar-refractivity contribution < 1.29 is 17.9 Å². The lowest BCUT2D eigenvalue weighted by Crippen LogP contribution is -2.44. The number of carbonyl (C=O) groups is 1. The summed E-state index contributed by atoms with van der Waals surface area (Å²) in [6.45, 7) is 5.26. The Morgan fingerprint density at radius 3 is 2.71 bits per heavy atom. The number of nitrogens with zero attached hydrogens (tertiary/aromatic N) is 1. The Kier molecular flexibility index (Phi) is 7.93. The average Bonchev–Trinajstić information content (AvgIpc) is 3.18. The minimum atomic E-state index is -3.46. The Labute approximate surface area is 145 Å². The lowest BCUT2D eigenvalue weighted by Gasteiger charge is -2.20. The van der Waals surface area contributed by atoms with Crippen molar-refractivity contribution in [2.75, 3.05) is 45.1 Å². The van der Waals surface area contributed by atoms with E-state index in [2.05, 4.69) is 14.9 Å². The summed E-state index contributed by atoms with van der Waals surface area (Å²) in [5, 5.41) is 2.93. The van der Waals surface area contributed by atoms with Crippen LogP contribution in [0.2, 0.25) is 0 Å². The van der Waals surface area contributed by atoms with Crippen molar-refractivity contribution in [2.45, 2.75) is 45.1 Å². The lowest BCUT2D eigenvalue weighted by atomic mass is 10.1. The minimum Gasteiger partial charge on any atom is -0.381 e. The second kappa shape index (κ2) is 9.70. The molecule has 1 saturated carbocycles. The van der Waals surface area contributed by atoms with Crippen LogP contribution in [-0.2, 0) is 19.6 Å². The van der Waals surface area contributed by atoms with Crippen molar-refractivity contribution in [1.82, 2.24) is 14.9 Å². The van der Waals surface area contributed by atoms with E-state index in [0.717, 1.165) is 32.0 Å². The first-order chi connectivity index (χ1) is 11.5. The molecule has 0 spiro atoms. The number of carbonyl (C=O) groups excluding carboxylic acids is 1. The van der Waals surface area contributed by atoms with E-state index in [1.54, 1.807) is 0 Å². The predicted molar refractivity (Wildman–Crippen MR) is 93.2 cm³/mol. The van der Waals surface area contributed by atoms with E-state index in [0.29, 0.717) is 6.61 Å². The van der Waals surface area contributed by atoms with Gasteiger partial charge >= 0.3 is 0 Å². The summed E-state index contributed by atoms with van der Waals surface area (Å²) in [7, 11) is -3.46. The third-order valence-electron chi connectivity index (χ3n) is 4.78. The van der Waals surface area contributed by atoms with Crippen LogP contribution >= 0.6 is 0 Å². The molecule has 2 rings (SSSR count). The highest BCUT2D eigenvalue weighted by molar-refractivity contribution is 7.89. The van der Waals surface area contributed by atoms with Crippen molar-refractivity contribution in [2.24, 2.45) is 5.92 Å². The van der Waals surface area contributed by atoms with E-state index in [1.165, 1.54) is 25.7 Å². The summed E-state index contributed by atoms with van der Waals surface area (Å²) >= 11 is 0. The first kappa shape index (κ1) is 19.6. The Morgan fingerprint density at radius 1 is 1.25 bits per heavy atom. The molecule has 0 bridgehead atoms. The van der Waals surface area contributed by atoms with Crippen molar-refractivity contribution >= 4 is 15.9 Å². The predicted octanol–water partition coefficient (Wildman–Crippen LogP) is 0.323. The summed E-state index contributed by atoms with van der Waals surface area (Å²) in [5.41, 5.74) is 0. The third-order valence-corrected chi connectivity index (χ3v) is 6.07. The zero-order chi connectivity index (χ0) is 17.4. The first-order valence-electron chi connectivity index (χ1n) is 9.05. The van der Waals surface area contributed by atoms with Gasteiger partial charge in [-0.3, -0.25) is 4.79 Å². The number of hydrogen-bond donors (Lipinski definition) is 2. The molecule has 0 aromatic rings. The molecule has 1 amide bonds. The van der Waals surface area contributed by atoms with Crippen LogP contribution in [0, 0.1) is 5.92 Å². The highest BCUT2D eigenvalue weighted by atomic mass is 32.2. The third kappa shape index (κ3) is 7.04. The van der Waals surface area contributed by atoms with E-state index in [1.807, 2.05) is 6.92 Å². The van der Waals surface area contributed by atoms with Gasteiger partial charge in [0, 0.05) is 32.3 Å². The molecule has 1 aliphatic heterocycles. The SMILES string of the molecule is CCOCCS(=O)(=O)NCC(=O)N[C@@H]1CCN(CC2CCCC2)C1. The molecule has 24 heavy (non-hydrogen) atoms. The second-order valence-corrected chi connectivity index (χ2v) is 8.73. The maximum atomic E-state index is 11.9. The highest BCUT2D eigenvalue weighted by Crippen LogP contribution is 2.26. The normalized spacial score (nSPS) is 23.0. The maximum absolute atomic E-state index is 11.9. The molecular weight excluding hydrogens is 330 g/mol. The second-order valence-electron chi connectivity index (χ2n) is 6.80. The number of ether oxygens (including phenoxy) is 1. The van der Waals surface area contributed by atoms with Crippen LogP contribution in [0.3, 0.4) is 0 Å². The molecule has 1 atom stereocenters. The number of likely N-dealkylation sites (tertiary alicyclic amines) is 1. The molecule has 7 nitrogen and oxygen atoms in total. The van der Waals surface area contributed by atoms with Crippen LogP contribution in [0.5, 0.6) is 0 Å². The van der Waals surface area contributed by atoms with Crippen LogP contribution < -0.4 is 10.0 Å². The standard InChI is InChI=1S/C16H31N3O4S/c1-2-23-9-10-24(21,22)17-11-16(20)18-15-7-8-19(13-15)12-14-5-3-4-6-14/h14-15,17H,2-13H2,1H3,(H,18,20)/t15-/m1/s1. The topological polar surface area (TPSA) is 87.7 Å². The Bertz CT molecular complexity index is 492. The van der Waals surface area contributed by atoms with Crippen LogP contribution in [0.25, 0.3) is 0 Å². The van der Waals surface area contributed by atoms with Gasteiger partial charge in [-0.15, -0.1) is 0 Å². The molecule has 1 aliphatic carbocycles. The van der Waals surface area contributed by atoms with E-state index in [-0.39, 0.29) is 30.9 Å². The van der Waals surface area contributed by atoms with Gasteiger partial charge in [0.25, 0.3) is 0 Å². The molecule has 2 N–H and O–H groups in total. The highest BCUT2D eigenvalue weighted by Gasteiger charge is 2.27. The number of nitrogens with one attached hydrogen (secondary N) is 2. The quantitative estimate of drug-likeness (QED) is 0.547. The van der Waals surface area contributed by atoms with Crippen molar-refractivity contribution in [1.29, 1.82) is 0 Å². The van der Waals surface area contributed by atoms with E-state index in [4.69, 9.17) is 4.74 Å². The molecule has 1 heterocycles. The minimum absolute atomic E-state index is 0.118. The fourth-order valence-electron chi connectivity index (χ4n) is 3.51. The van der Waals surface area contributed by atoms with Gasteiger partial charge in [-0.1, -0.05) is 12.8 Å². The molecule has 1 saturated heterocycles. The summed E-state index contributed by atoms with van der Waals surface area (Å²) < 4.78 is 30.8. The van der Waals surface area contributed by atoms with Crippen LogP contribution in [0.1, 0.15) is 39.0 Å². The zero-order valence-corrected chi connectivity index (χ0v) is 15.4. The smallest absolute Gasteiger partial charge is 0.235 e. The van der Waals surface area contributed by atoms with Gasteiger partial charge < -0.3 is 15.0 Å². The summed E-state index contributed by atoms with van der Waals surface area (Å²) in [4.78, 5) is 14.4. The van der Waals surface area contributed by atoms with Gasteiger partial charge in [0.1, 0.15) is 0 Å². The van der Waals surface area contributed by atoms with E-state index in [9.17, 15) is 13.2 Å². The van der Waals surface area contributed by atoms with E-state index < -0.39 is 10.0 Å². The number of amides is 1. The number of sulfonamides is 1. The lowest BCUT2D eigenvalue weighted by molar-refractivity contribution is -0.120. The fourth-order valence-corrected chi connectivity index (χ4v) is 4.35. The van der Waals surface area contributed by atoms with Crippen molar-refractivity contribution in [3.8, 4) is 0 Å². The van der Waals surface area contributed by atoms with Gasteiger partial charge in [-0.25, -0.2) is 13.1 Å². The molecule has 0 aromatic carbocycles. The number of hydrogen-bond acceptors (Lipinski definition) is 5.